The summed E-state index contributed by atoms with van der Waals surface area (Å²) in [7, 11) is 0. The van der Waals surface area contributed by atoms with Gasteiger partial charge in [-0.3, -0.25) is 4.79 Å². The first-order chi connectivity index (χ1) is 9.89. The maximum absolute atomic E-state index is 12.3. The predicted octanol–water partition coefficient (Wildman–Crippen LogP) is 2.08. The molecule has 3 rings (SSSR count). The Hall–Kier alpha value is -1.95. The Balaban J connectivity index is 1.83. The first-order valence-corrected chi connectivity index (χ1v) is 7.33. The third kappa shape index (κ3) is 2.51. The minimum absolute atomic E-state index is 0.151. The number of hydrogen-bond acceptors (Lipinski definition) is 4. The fourth-order valence-corrected chi connectivity index (χ4v) is 2.52. The van der Waals surface area contributed by atoms with E-state index in [9.17, 15) is 4.79 Å². The van der Waals surface area contributed by atoms with Gasteiger partial charge in [-0.2, -0.15) is 5.10 Å². The van der Waals surface area contributed by atoms with Crippen LogP contribution >= 0.6 is 0 Å². The molecule has 0 saturated heterocycles. The van der Waals surface area contributed by atoms with Gasteiger partial charge in [0.15, 0.2) is 5.65 Å². The molecule has 1 saturated carbocycles. The van der Waals surface area contributed by atoms with E-state index in [-0.39, 0.29) is 17.9 Å². The highest BCUT2D eigenvalue weighted by atomic mass is 16.2. The molecule has 2 aromatic heterocycles. The molecule has 1 unspecified atom stereocenters. The largest absolute Gasteiger partial charge is 0.323 e. The molecule has 6 heteroatoms. The van der Waals surface area contributed by atoms with Gasteiger partial charge in [-0.15, -0.1) is 0 Å². The molecule has 6 nitrogen and oxygen atoms in total. The van der Waals surface area contributed by atoms with Crippen LogP contribution in [0, 0.1) is 5.92 Å². The quantitative estimate of drug-likeness (QED) is 0.901. The number of hydrogen-bond donors (Lipinski definition) is 2. The summed E-state index contributed by atoms with van der Waals surface area (Å²) in [5.74, 6) is 0.139. The molecule has 0 bridgehead atoms. The van der Waals surface area contributed by atoms with E-state index in [1.165, 1.54) is 0 Å². The lowest BCUT2D eigenvalue weighted by atomic mass is 9.96. The zero-order valence-corrected chi connectivity index (χ0v) is 12.6. The molecule has 1 amide bonds. The van der Waals surface area contributed by atoms with E-state index in [0.717, 1.165) is 23.9 Å². The molecule has 3 N–H and O–H groups in total. The summed E-state index contributed by atoms with van der Waals surface area (Å²) in [5.41, 5.74) is 6.79. The molecule has 2 heterocycles. The van der Waals surface area contributed by atoms with Crippen molar-refractivity contribution in [1.29, 1.82) is 0 Å². The molecule has 21 heavy (non-hydrogen) atoms. The van der Waals surface area contributed by atoms with E-state index in [1.807, 2.05) is 10.7 Å². The van der Waals surface area contributed by atoms with Gasteiger partial charge in [0.25, 0.3) is 0 Å². The fourth-order valence-electron chi connectivity index (χ4n) is 2.52. The molecule has 0 spiro atoms. The average Bonchev–Trinajstić information content (AvgIpc) is 3.19. The van der Waals surface area contributed by atoms with Crippen LogP contribution in [0.25, 0.3) is 11.0 Å². The van der Waals surface area contributed by atoms with E-state index < -0.39 is 5.54 Å². The molecule has 0 radical (unpaired) electrons. The molecule has 0 aliphatic heterocycles. The number of nitrogens with zero attached hydrogens (tertiary/aromatic N) is 3. The van der Waals surface area contributed by atoms with Crippen LogP contribution in [0.15, 0.2) is 18.5 Å². The van der Waals surface area contributed by atoms with Crippen LogP contribution < -0.4 is 11.1 Å². The van der Waals surface area contributed by atoms with Crippen molar-refractivity contribution in [2.75, 3.05) is 5.32 Å². The summed E-state index contributed by atoms with van der Waals surface area (Å²) in [6, 6.07) is 2.13. The smallest absolute Gasteiger partial charge is 0.244 e. The molecular formula is C15H21N5O. The van der Waals surface area contributed by atoms with E-state index >= 15 is 0 Å². The SMILES string of the molecule is CC(C)n1ncc2cc(NC(=O)C(C)(N)C3CC3)cnc21. The summed E-state index contributed by atoms with van der Waals surface area (Å²) in [6.45, 7) is 5.90. The fraction of sp³-hybridized carbons (Fsp3) is 0.533. The third-order valence-electron chi connectivity index (χ3n) is 4.10. The number of anilines is 1. The standard InChI is InChI=1S/C15H21N5O/c1-9(2)20-13-10(7-18-20)6-12(8-17-13)19-14(21)15(3,16)11-4-5-11/h6-9,11H,4-5,16H2,1-3H3,(H,19,21). The Morgan fingerprint density at radius 3 is 2.81 bits per heavy atom. The lowest BCUT2D eigenvalue weighted by Gasteiger charge is -2.23. The first kappa shape index (κ1) is 14.0. The number of nitrogens with two attached hydrogens (primary N) is 1. The van der Waals surface area contributed by atoms with Crippen molar-refractivity contribution in [3.05, 3.63) is 18.5 Å². The van der Waals surface area contributed by atoms with Crippen molar-refractivity contribution >= 4 is 22.6 Å². The number of fused-ring (bicyclic) bond motifs is 1. The molecule has 1 fully saturated rings. The number of nitrogens with one attached hydrogen (secondary N) is 1. The topological polar surface area (TPSA) is 85.8 Å². The van der Waals surface area contributed by atoms with Crippen LogP contribution in [0.4, 0.5) is 5.69 Å². The highest BCUT2D eigenvalue weighted by molar-refractivity contribution is 5.99. The van der Waals surface area contributed by atoms with Gasteiger partial charge in [0.05, 0.1) is 23.6 Å². The van der Waals surface area contributed by atoms with Gasteiger partial charge in [0.2, 0.25) is 5.91 Å². The van der Waals surface area contributed by atoms with Crippen molar-refractivity contribution in [2.24, 2.45) is 11.7 Å². The maximum atomic E-state index is 12.3. The highest BCUT2D eigenvalue weighted by Gasteiger charge is 2.44. The van der Waals surface area contributed by atoms with Crippen molar-refractivity contribution in [3.8, 4) is 0 Å². The summed E-state index contributed by atoms with van der Waals surface area (Å²) in [4.78, 5) is 16.7. The minimum atomic E-state index is -0.808. The lowest BCUT2D eigenvalue weighted by Crippen LogP contribution is -2.50. The van der Waals surface area contributed by atoms with Gasteiger partial charge in [0, 0.05) is 11.4 Å². The van der Waals surface area contributed by atoms with E-state index in [1.54, 1.807) is 19.3 Å². The van der Waals surface area contributed by atoms with Crippen LogP contribution in [0.1, 0.15) is 39.7 Å². The van der Waals surface area contributed by atoms with Crippen LogP contribution in [-0.4, -0.2) is 26.2 Å². The summed E-state index contributed by atoms with van der Waals surface area (Å²) in [6.07, 6.45) is 5.47. The molecule has 1 atom stereocenters. The van der Waals surface area contributed by atoms with Crippen LogP contribution in [0.2, 0.25) is 0 Å². The monoisotopic (exact) mass is 287 g/mol. The van der Waals surface area contributed by atoms with Gasteiger partial charge >= 0.3 is 0 Å². The Bertz CT molecular complexity index is 684. The average molecular weight is 287 g/mol. The van der Waals surface area contributed by atoms with Gasteiger partial charge in [-0.1, -0.05) is 0 Å². The predicted molar refractivity (Wildman–Crippen MR) is 81.9 cm³/mol. The lowest BCUT2D eigenvalue weighted by molar-refractivity contribution is -0.121. The minimum Gasteiger partial charge on any atom is -0.323 e. The first-order valence-electron chi connectivity index (χ1n) is 7.33. The van der Waals surface area contributed by atoms with E-state index in [0.29, 0.717) is 5.69 Å². The van der Waals surface area contributed by atoms with Crippen LogP contribution in [0.3, 0.4) is 0 Å². The number of pyridine rings is 1. The Morgan fingerprint density at radius 1 is 1.48 bits per heavy atom. The zero-order chi connectivity index (χ0) is 15.2. The number of carbonyl (C=O) groups excluding carboxylic acids is 1. The molecule has 2 aromatic rings. The van der Waals surface area contributed by atoms with Crippen LogP contribution in [0.5, 0.6) is 0 Å². The second-order valence-electron chi connectivity index (χ2n) is 6.33. The highest BCUT2D eigenvalue weighted by Crippen LogP contribution is 2.38. The van der Waals surface area contributed by atoms with Gasteiger partial charge < -0.3 is 11.1 Å². The number of amides is 1. The Kier molecular flexibility index (Phi) is 3.20. The number of rotatable bonds is 4. The Labute approximate surface area is 123 Å². The molecule has 1 aliphatic carbocycles. The van der Waals surface area contributed by atoms with Gasteiger partial charge in [-0.05, 0) is 45.6 Å². The third-order valence-corrected chi connectivity index (χ3v) is 4.10. The van der Waals surface area contributed by atoms with Crippen LogP contribution in [-0.2, 0) is 4.79 Å². The summed E-state index contributed by atoms with van der Waals surface area (Å²) in [5, 5.41) is 8.10. The normalized spacial score (nSPS) is 18.0. The van der Waals surface area contributed by atoms with Crippen molar-refractivity contribution in [3.63, 3.8) is 0 Å². The van der Waals surface area contributed by atoms with Gasteiger partial charge in [-0.25, -0.2) is 9.67 Å². The summed E-state index contributed by atoms with van der Waals surface area (Å²) < 4.78 is 1.86. The second-order valence-corrected chi connectivity index (χ2v) is 6.33. The van der Waals surface area contributed by atoms with E-state index in [2.05, 4.69) is 29.2 Å². The molecular weight excluding hydrogens is 266 g/mol. The van der Waals surface area contributed by atoms with E-state index in [4.69, 9.17) is 5.73 Å². The second kappa shape index (κ2) is 4.80. The zero-order valence-electron chi connectivity index (χ0n) is 12.6. The number of aromatic nitrogens is 3. The number of carbonyl (C=O) groups is 1. The van der Waals surface area contributed by atoms with Crippen molar-refractivity contribution in [1.82, 2.24) is 14.8 Å². The summed E-state index contributed by atoms with van der Waals surface area (Å²) >= 11 is 0. The van der Waals surface area contributed by atoms with Crippen molar-refractivity contribution in [2.45, 2.75) is 45.2 Å². The van der Waals surface area contributed by atoms with Crippen molar-refractivity contribution < 1.29 is 4.79 Å². The van der Waals surface area contributed by atoms with Gasteiger partial charge in [0.1, 0.15) is 0 Å². The molecule has 112 valence electrons. The maximum Gasteiger partial charge on any atom is 0.244 e. The molecule has 1 aliphatic rings. The Morgan fingerprint density at radius 2 is 2.19 bits per heavy atom. The molecule has 0 aromatic carbocycles.